The number of nitrogens with zero attached hydrogens (tertiary/aromatic N) is 1. The molecular formula is C10H18N2. The normalized spacial score (nSPS) is 41.1. The minimum absolute atomic E-state index is 0.441. The summed E-state index contributed by atoms with van der Waals surface area (Å²) < 4.78 is 0. The van der Waals surface area contributed by atoms with Gasteiger partial charge in [-0.2, -0.15) is 0 Å². The summed E-state index contributed by atoms with van der Waals surface area (Å²) in [6.45, 7) is 3.88. The minimum Gasteiger partial charge on any atom is -0.372 e. The predicted molar refractivity (Wildman–Crippen MR) is 50.7 cm³/mol. The molecule has 1 unspecified atom stereocenters. The molecule has 2 N–H and O–H groups in total. The van der Waals surface area contributed by atoms with Crippen molar-refractivity contribution < 1.29 is 0 Å². The van der Waals surface area contributed by atoms with Gasteiger partial charge in [-0.05, 0) is 38.3 Å². The molecule has 0 aromatic carbocycles. The fraction of sp³-hybridized carbons (Fsp3) is 0.800. The lowest BCUT2D eigenvalue weighted by molar-refractivity contribution is 0.0778. The zero-order valence-corrected chi connectivity index (χ0v) is 7.58. The van der Waals surface area contributed by atoms with Gasteiger partial charge in [-0.3, -0.25) is 0 Å². The Balaban J connectivity index is 2.11. The summed E-state index contributed by atoms with van der Waals surface area (Å²) in [6, 6.07) is 1.84. The molecule has 2 nitrogen and oxygen atoms in total. The second kappa shape index (κ2) is 3.09. The van der Waals surface area contributed by atoms with Gasteiger partial charge in [0.1, 0.15) is 0 Å². The van der Waals surface area contributed by atoms with Gasteiger partial charge in [-0.15, -0.1) is 0 Å². The zero-order valence-electron chi connectivity index (χ0n) is 7.58. The largest absolute Gasteiger partial charge is 0.372 e. The standard InChI is InChI=1S/C10H18N2/c1-2-12-9-4-3-5-10(12)7-8(11)6-9/h2,8-10H,1,3-7,11H2/t8?,9-,10+. The van der Waals surface area contributed by atoms with Crippen molar-refractivity contribution in [1.82, 2.24) is 4.90 Å². The molecular weight excluding hydrogens is 148 g/mol. The number of piperidine rings is 2. The number of nitrogens with two attached hydrogens (primary N) is 1. The van der Waals surface area contributed by atoms with Gasteiger partial charge in [0.15, 0.2) is 0 Å². The summed E-state index contributed by atoms with van der Waals surface area (Å²) in [5.74, 6) is 0. The average molecular weight is 166 g/mol. The van der Waals surface area contributed by atoms with Crippen LogP contribution >= 0.6 is 0 Å². The molecule has 0 amide bonds. The van der Waals surface area contributed by atoms with Crippen LogP contribution in [-0.2, 0) is 0 Å². The molecule has 0 aromatic heterocycles. The Kier molecular flexibility index (Phi) is 2.09. The highest BCUT2D eigenvalue weighted by Crippen LogP contribution is 2.33. The van der Waals surface area contributed by atoms with Crippen LogP contribution in [0.5, 0.6) is 0 Å². The van der Waals surface area contributed by atoms with E-state index in [0.29, 0.717) is 18.1 Å². The first-order valence-corrected chi connectivity index (χ1v) is 4.97. The van der Waals surface area contributed by atoms with E-state index in [4.69, 9.17) is 5.73 Å². The number of hydrogen-bond acceptors (Lipinski definition) is 2. The zero-order chi connectivity index (χ0) is 8.55. The van der Waals surface area contributed by atoms with Crippen LogP contribution < -0.4 is 5.73 Å². The van der Waals surface area contributed by atoms with Crippen molar-refractivity contribution in [2.24, 2.45) is 5.73 Å². The van der Waals surface area contributed by atoms with Crippen LogP contribution in [0.2, 0.25) is 0 Å². The maximum atomic E-state index is 5.98. The molecule has 0 spiro atoms. The lowest BCUT2D eigenvalue weighted by Crippen LogP contribution is -2.52. The van der Waals surface area contributed by atoms with Gasteiger partial charge in [0, 0.05) is 18.1 Å². The Morgan fingerprint density at radius 2 is 1.83 bits per heavy atom. The highest BCUT2D eigenvalue weighted by Gasteiger charge is 2.34. The van der Waals surface area contributed by atoms with Gasteiger partial charge in [0.2, 0.25) is 0 Å². The summed E-state index contributed by atoms with van der Waals surface area (Å²) in [5.41, 5.74) is 5.98. The smallest absolute Gasteiger partial charge is 0.0302 e. The molecule has 2 fully saturated rings. The van der Waals surface area contributed by atoms with Gasteiger partial charge in [0.25, 0.3) is 0 Å². The topological polar surface area (TPSA) is 29.3 Å². The summed E-state index contributed by atoms with van der Waals surface area (Å²) in [4.78, 5) is 2.44. The van der Waals surface area contributed by atoms with Crippen LogP contribution in [0.25, 0.3) is 0 Å². The van der Waals surface area contributed by atoms with Gasteiger partial charge in [-0.25, -0.2) is 0 Å². The fourth-order valence-electron chi connectivity index (χ4n) is 2.76. The van der Waals surface area contributed by atoms with Crippen molar-refractivity contribution >= 4 is 0 Å². The van der Waals surface area contributed by atoms with Crippen LogP contribution in [-0.4, -0.2) is 23.0 Å². The van der Waals surface area contributed by atoms with Crippen LogP contribution in [0.15, 0.2) is 12.8 Å². The van der Waals surface area contributed by atoms with Crippen molar-refractivity contribution in [1.29, 1.82) is 0 Å². The summed E-state index contributed by atoms with van der Waals surface area (Å²) in [6.07, 6.45) is 8.37. The molecule has 12 heavy (non-hydrogen) atoms. The summed E-state index contributed by atoms with van der Waals surface area (Å²) in [5, 5.41) is 0. The van der Waals surface area contributed by atoms with Gasteiger partial charge < -0.3 is 10.6 Å². The summed E-state index contributed by atoms with van der Waals surface area (Å²) in [7, 11) is 0. The van der Waals surface area contributed by atoms with E-state index >= 15 is 0 Å². The Bertz CT molecular complexity index is 165. The molecule has 3 atom stereocenters. The van der Waals surface area contributed by atoms with Crippen LogP contribution in [0, 0.1) is 0 Å². The average Bonchev–Trinajstić information content (AvgIpc) is 2.02. The molecule has 2 rings (SSSR count). The Labute approximate surface area is 74.4 Å². The third kappa shape index (κ3) is 1.24. The van der Waals surface area contributed by atoms with Crippen molar-refractivity contribution in [2.75, 3.05) is 0 Å². The van der Waals surface area contributed by atoms with Crippen molar-refractivity contribution in [3.8, 4) is 0 Å². The van der Waals surface area contributed by atoms with E-state index < -0.39 is 0 Å². The van der Waals surface area contributed by atoms with E-state index in [1.807, 2.05) is 6.20 Å². The maximum absolute atomic E-state index is 5.98. The molecule has 0 aromatic rings. The first-order valence-electron chi connectivity index (χ1n) is 4.97. The lowest BCUT2D eigenvalue weighted by Gasteiger charge is -2.47. The first kappa shape index (κ1) is 8.11. The third-order valence-electron chi connectivity index (χ3n) is 3.28. The highest BCUT2D eigenvalue weighted by molar-refractivity contribution is 4.97. The number of hydrogen-bond donors (Lipinski definition) is 1. The molecule has 2 heterocycles. The quantitative estimate of drug-likeness (QED) is 0.639. The van der Waals surface area contributed by atoms with Crippen LogP contribution in [0.1, 0.15) is 32.1 Å². The molecule has 0 saturated carbocycles. The fourth-order valence-corrected chi connectivity index (χ4v) is 2.76. The molecule has 68 valence electrons. The molecule has 2 saturated heterocycles. The maximum Gasteiger partial charge on any atom is 0.0302 e. The molecule has 2 aliphatic rings. The van der Waals surface area contributed by atoms with E-state index in [2.05, 4.69) is 11.5 Å². The van der Waals surface area contributed by atoms with Crippen molar-refractivity contribution in [2.45, 2.75) is 50.2 Å². The Hall–Kier alpha value is -0.500. The first-order chi connectivity index (χ1) is 5.81. The van der Waals surface area contributed by atoms with Crippen molar-refractivity contribution in [3.63, 3.8) is 0 Å². The Morgan fingerprint density at radius 3 is 2.33 bits per heavy atom. The van der Waals surface area contributed by atoms with E-state index in [1.165, 1.54) is 32.1 Å². The van der Waals surface area contributed by atoms with E-state index in [9.17, 15) is 0 Å². The number of rotatable bonds is 1. The van der Waals surface area contributed by atoms with Crippen molar-refractivity contribution in [3.05, 3.63) is 12.8 Å². The van der Waals surface area contributed by atoms with Gasteiger partial charge in [0.05, 0.1) is 0 Å². The van der Waals surface area contributed by atoms with Crippen LogP contribution in [0.3, 0.4) is 0 Å². The van der Waals surface area contributed by atoms with Crippen LogP contribution in [0.4, 0.5) is 0 Å². The molecule has 2 bridgehead atoms. The second-order valence-corrected chi connectivity index (χ2v) is 4.10. The van der Waals surface area contributed by atoms with E-state index in [-0.39, 0.29) is 0 Å². The van der Waals surface area contributed by atoms with Gasteiger partial charge in [-0.1, -0.05) is 6.58 Å². The molecule has 0 radical (unpaired) electrons. The lowest BCUT2D eigenvalue weighted by atomic mass is 9.82. The third-order valence-corrected chi connectivity index (χ3v) is 3.28. The van der Waals surface area contributed by atoms with E-state index in [1.54, 1.807) is 0 Å². The minimum atomic E-state index is 0.441. The molecule has 2 aliphatic heterocycles. The molecule has 2 heteroatoms. The predicted octanol–water partition coefficient (Wildman–Crippen LogP) is 1.47. The number of fused-ring (bicyclic) bond motifs is 2. The Morgan fingerprint density at radius 1 is 1.25 bits per heavy atom. The summed E-state index contributed by atoms with van der Waals surface area (Å²) >= 11 is 0. The monoisotopic (exact) mass is 166 g/mol. The SMILES string of the molecule is C=CN1[C@@H]2CCC[C@H]1CC(N)C2. The highest BCUT2D eigenvalue weighted by atomic mass is 15.2. The van der Waals surface area contributed by atoms with Gasteiger partial charge >= 0.3 is 0 Å². The second-order valence-electron chi connectivity index (χ2n) is 4.10. The van der Waals surface area contributed by atoms with E-state index in [0.717, 1.165) is 0 Å². The molecule has 0 aliphatic carbocycles.